The molecule has 0 saturated heterocycles. The van der Waals surface area contributed by atoms with Gasteiger partial charge in [-0.3, -0.25) is 0 Å². The summed E-state index contributed by atoms with van der Waals surface area (Å²) < 4.78 is 5.08. The summed E-state index contributed by atoms with van der Waals surface area (Å²) in [7, 11) is 1.45. The van der Waals surface area contributed by atoms with Gasteiger partial charge in [0.05, 0.1) is 12.7 Å². The number of aryl methyl sites for hydroxylation is 1. The van der Waals surface area contributed by atoms with Crippen molar-refractivity contribution in [3.05, 3.63) is 16.0 Å². The predicted molar refractivity (Wildman–Crippen MR) is 119 cm³/mol. The van der Waals surface area contributed by atoms with Crippen molar-refractivity contribution in [3.63, 3.8) is 0 Å². The molecule has 1 aromatic heterocycles. The zero-order valence-electron chi connectivity index (χ0n) is 17.0. The molecule has 0 spiro atoms. The lowest BCUT2D eigenvalue weighted by Crippen LogP contribution is -2.33. The second kappa shape index (κ2) is 11.6. The highest BCUT2D eigenvalue weighted by Crippen LogP contribution is 2.37. The fourth-order valence-electron chi connectivity index (χ4n) is 3.65. The molecule has 4 nitrogen and oxygen atoms in total. The van der Waals surface area contributed by atoms with Gasteiger partial charge in [-0.1, -0.05) is 46.0 Å². The predicted octanol–water partition coefficient (Wildman–Crippen LogP) is 5.70. The number of carbonyl (C=O) groups excluding carboxylic acids is 1. The molecule has 0 bridgehead atoms. The van der Waals surface area contributed by atoms with E-state index in [1.807, 2.05) is 0 Å². The lowest BCUT2D eigenvalue weighted by atomic mass is 9.96. The van der Waals surface area contributed by atoms with Gasteiger partial charge in [0, 0.05) is 11.4 Å². The van der Waals surface area contributed by atoms with Crippen molar-refractivity contribution >= 4 is 39.6 Å². The lowest BCUT2D eigenvalue weighted by Gasteiger charge is -2.17. The second-order valence-electron chi connectivity index (χ2n) is 7.37. The molecule has 1 unspecified atom stereocenters. The summed E-state index contributed by atoms with van der Waals surface area (Å²) in [5, 5.41) is 8.09. The summed E-state index contributed by atoms with van der Waals surface area (Å²) in [6.07, 6.45) is 11.7. The number of thiophene rings is 1. The monoisotopic (exact) mass is 410 g/mol. The van der Waals surface area contributed by atoms with Crippen LogP contribution in [0.1, 0.15) is 86.0 Å². The molecule has 1 heterocycles. The Hall–Kier alpha value is -1.14. The SMILES string of the molecule is CCCCC(CC)CNC(=S)Nc1sc2c(c1C(=O)OC)CCCCCC2. The molecule has 6 heteroatoms. The molecule has 0 aliphatic heterocycles. The molecule has 27 heavy (non-hydrogen) atoms. The Morgan fingerprint density at radius 1 is 1.22 bits per heavy atom. The van der Waals surface area contributed by atoms with Crippen LogP contribution in [-0.2, 0) is 17.6 Å². The minimum atomic E-state index is -0.257. The van der Waals surface area contributed by atoms with Crippen molar-refractivity contribution in [2.75, 3.05) is 19.0 Å². The minimum Gasteiger partial charge on any atom is -0.465 e. The van der Waals surface area contributed by atoms with Crippen LogP contribution in [0.5, 0.6) is 0 Å². The van der Waals surface area contributed by atoms with Crippen LogP contribution in [0.2, 0.25) is 0 Å². The van der Waals surface area contributed by atoms with Crippen LogP contribution >= 0.6 is 23.6 Å². The van der Waals surface area contributed by atoms with Crippen LogP contribution in [0.15, 0.2) is 0 Å². The van der Waals surface area contributed by atoms with Crippen LogP contribution in [0, 0.1) is 5.92 Å². The molecule has 0 radical (unpaired) electrons. The van der Waals surface area contributed by atoms with Crippen LogP contribution in [-0.4, -0.2) is 24.7 Å². The first kappa shape index (κ1) is 22.2. The lowest BCUT2D eigenvalue weighted by molar-refractivity contribution is 0.0601. The van der Waals surface area contributed by atoms with Crippen molar-refractivity contribution < 1.29 is 9.53 Å². The fourth-order valence-corrected chi connectivity index (χ4v) is 5.18. The highest BCUT2D eigenvalue weighted by molar-refractivity contribution is 7.80. The van der Waals surface area contributed by atoms with Gasteiger partial charge < -0.3 is 15.4 Å². The van der Waals surface area contributed by atoms with Gasteiger partial charge in [-0.25, -0.2) is 4.79 Å². The highest BCUT2D eigenvalue weighted by Gasteiger charge is 2.25. The second-order valence-corrected chi connectivity index (χ2v) is 8.88. The van der Waals surface area contributed by atoms with Gasteiger partial charge in [0.1, 0.15) is 5.00 Å². The molecule has 1 atom stereocenters. The number of nitrogens with one attached hydrogen (secondary N) is 2. The summed E-state index contributed by atoms with van der Waals surface area (Å²) in [5.41, 5.74) is 1.87. The Kier molecular flexibility index (Phi) is 9.56. The molecule has 0 aromatic carbocycles. The average Bonchev–Trinajstić information content (AvgIpc) is 2.97. The van der Waals surface area contributed by atoms with Crippen molar-refractivity contribution in [2.45, 2.75) is 78.1 Å². The first-order valence-corrected chi connectivity index (χ1v) is 11.6. The molecule has 1 aliphatic rings. The van der Waals surface area contributed by atoms with E-state index in [9.17, 15) is 4.79 Å². The largest absolute Gasteiger partial charge is 0.465 e. The van der Waals surface area contributed by atoms with Gasteiger partial charge in [-0.2, -0.15) is 0 Å². The van der Waals surface area contributed by atoms with E-state index in [4.69, 9.17) is 17.0 Å². The van der Waals surface area contributed by atoms with Gasteiger partial charge in [0.15, 0.2) is 5.11 Å². The van der Waals surface area contributed by atoms with Crippen LogP contribution in [0.3, 0.4) is 0 Å². The van der Waals surface area contributed by atoms with Gasteiger partial charge in [-0.15, -0.1) is 11.3 Å². The maximum atomic E-state index is 12.5. The third-order valence-corrected chi connectivity index (χ3v) is 6.84. The molecule has 1 aromatic rings. The van der Waals surface area contributed by atoms with E-state index >= 15 is 0 Å². The average molecular weight is 411 g/mol. The fraction of sp³-hybridized carbons (Fsp3) is 0.714. The molecule has 2 N–H and O–H groups in total. The molecule has 0 saturated carbocycles. The van der Waals surface area contributed by atoms with E-state index in [-0.39, 0.29) is 5.97 Å². The van der Waals surface area contributed by atoms with Crippen LogP contribution in [0.25, 0.3) is 0 Å². The number of methoxy groups -OCH3 is 1. The van der Waals surface area contributed by atoms with Gasteiger partial charge in [0.2, 0.25) is 0 Å². The first-order chi connectivity index (χ1) is 13.1. The summed E-state index contributed by atoms with van der Waals surface area (Å²) in [5.74, 6) is 0.376. The van der Waals surface area contributed by atoms with Crippen molar-refractivity contribution in [2.24, 2.45) is 5.92 Å². The number of thiocarbonyl (C=S) groups is 1. The maximum Gasteiger partial charge on any atom is 0.341 e. The number of hydrogen-bond donors (Lipinski definition) is 2. The summed E-state index contributed by atoms with van der Waals surface area (Å²) in [6.45, 7) is 5.33. The number of fused-ring (bicyclic) bond motifs is 1. The van der Waals surface area contributed by atoms with E-state index in [0.717, 1.165) is 37.2 Å². The standard InChI is InChI=1S/C21H34N2O2S2/c1-4-6-11-15(5-2)14-22-21(26)23-19-18(20(24)25-3)16-12-9-7-8-10-13-17(16)27-19/h15H,4-14H2,1-3H3,(H2,22,23,26). The van der Waals surface area contributed by atoms with Gasteiger partial charge >= 0.3 is 5.97 Å². The number of rotatable bonds is 8. The quantitative estimate of drug-likeness (QED) is 0.425. The minimum absolute atomic E-state index is 0.257. The summed E-state index contributed by atoms with van der Waals surface area (Å²) >= 11 is 7.19. The molecule has 152 valence electrons. The molecular weight excluding hydrogens is 376 g/mol. The Bertz CT molecular complexity index is 628. The van der Waals surface area contributed by atoms with E-state index < -0.39 is 0 Å². The first-order valence-electron chi connectivity index (χ1n) is 10.4. The third kappa shape index (κ3) is 6.46. The molecule has 1 aliphatic carbocycles. The Labute approximate surface area is 173 Å². The number of hydrogen-bond acceptors (Lipinski definition) is 4. The molecule has 0 amide bonds. The number of unbranched alkanes of at least 4 members (excludes halogenated alkanes) is 1. The smallest absolute Gasteiger partial charge is 0.341 e. The molecule has 0 fully saturated rings. The number of ether oxygens (including phenoxy) is 1. The van der Waals surface area contributed by atoms with Crippen molar-refractivity contribution in [1.82, 2.24) is 5.32 Å². The Morgan fingerprint density at radius 2 is 1.96 bits per heavy atom. The zero-order valence-corrected chi connectivity index (χ0v) is 18.6. The Balaban J connectivity index is 2.09. The molecule has 2 rings (SSSR count). The van der Waals surface area contributed by atoms with Gasteiger partial charge in [-0.05, 0) is 55.8 Å². The summed E-state index contributed by atoms with van der Waals surface area (Å²) in [4.78, 5) is 13.8. The molecular formula is C21H34N2O2S2. The normalized spacial score (nSPS) is 15.2. The number of anilines is 1. The Morgan fingerprint density at radius 3 is 2.63 bits per heavy atom. The van der Waals surface area contributed by atoms with E-state index in [1.54, 1.807) is 11.3 Å². The zero-order chi connectivity index (χ0) is 19.6. The number of carbonyl (C=O) groups is 1. The maximum absolute atomic E-state index is 12.5. The van der Waals surface area contributed by atoms with Crippen LogP contribution < -0.4 is 10.6 Å². The van der Waals surface area contributed by atoms with E-state index in [1.165, 1.54) is 56.1 Å². The summed E-state index contributed by atoms with van der Waals surface area (Å²) in [6, 6.07) is 0. The van der Waals surface area contributed by atoms with Crippen molar-refractivity contribution in [3.8, 4) is 0 Å². The highest BCUT2D eigenvalue weighted by atomic mass is 32.1. The third-order valence-electron chi connectivity index (χ3n) is 5.38. The van der Waals surface area contributed by atoms with E-state index in [0.29, 0.717) is 16.6 Å². The topological polar surface area (TPSA) is 50.4 Å². The van der Waals surface area contributed by atoms with Crippen molar-refractivity contribution in [1.29, 1.82) is 0 Å². The van der Waals surface area contributed by atoms with Gasteiger partial charge in [0.25, 0.3) is 0 Å². The number of esters is 1. The van der Waals surface area contributed by atoms with Crippen LogP contribution in [0.4, 0.5) is 5.00 Å². The van der Waals surface area contributed by atoms with E-state index in [2.05, 4.69) is 24.5 Å².